The summed E-state index contributed by atoms with van der Waals surface area (Å²) in [5.41, 5.74) is 2.29. The third-order valence-electron chi connectivity index (χ3n) is 6.70. The number of fused-ring (bicyclic) bond motifs is 3. The van der Waals surface area contributed by atoms with Gasteiger partial charge in [0.2, 0.25) is 0 Å². The van der Waals surface area contributed by atoms with Gasteiger partial charge in [-0.15, -0.1) is 34.3 Å². The first-order valence-corrected chi connectivity index (χ1v) is 14.2. The number of carbonyl (C=O) groups excluding carboxylic acids is 1. The summed E-state index contributed by atoms with van der Waals surface area (Å²) < 4.78 is 16.3. The standard InChI is InChI=1S/C27H35NO8.C3H4.C2H6/c1-3-4-7-19(2)23(29)14-12-20-13-15-24-26(20)22-10-5-8-21(27(22)36-24)9-6-11-25(30)34-18-33-16-17-35-28(31)32;1-3-2;1-2/h5,8,10,12,14,19-20,23-24,26,29H,6-7,9,11,13,15-18H2,1-2H3;1H,2H3;1-2H3/b14-12+;;. The molecule has 0 spiro atoms. The monoisotopic (exact) mass is 571 g/mol. The van der Waals surface area contributed by atoms with Crippen molar-refractivity contribution in [2.24, 2.45) is 11.8 Å². The number of esters is 1. The van der Waals surface area contributed by atoms with Gasteiger partial charge in [0.15, 0.2) is 6.79 Å². The van der Waals surface area contributed by atoms with E-state index in [1.165, 1.54) is 5.56 Å². The molecule has 9 nitrogen and oxygen atoms in total. The van der Waals surface area contributed by atoms with Crippen molar-refractivity contribution in [1.29, 1.82) is 0 Å². The quantitative estimate of drug-likeness (QED) is 0.0581. The smallest absolute Gasteiger partial charge is 0.307 e. The Labute approximate surface area is 244 Å². The van der Waals surface area contributed by atoms with E-state index in [1.807, 2.05) is 45.9 Å². The van der Waals surface area contributed by atoms with E-state index in [2.05, 4.69) is 41.2 Å². The molecule has 41 heavy (non-hydrogen) atoms. The Balaban J connectivity index is 0.00000157. The molecule has 1 heterocycles. The molecule has 0 saturated heterocycles. The van der Waals surface area contributed by atoms with Crippen molar-refractivity contribution in [3.63, 3.8) is 0 Å². The molecule has 5 atom stereocenters. The fourth-order valence-corrected chi connectivity index (χ4v) is 4.79. The van der Waals surface area contributed by atoms with Gasteiger partial charge in [-0.05, 0) is 56.9 Å². The summed E-state index contributed by atoms with van der Waals surface area (Å²) in [5.74, 6) is 9.38. The first-order valence-electron chi connectivity index (χ1n) is 14.2. The maximum Gasteiger partial charge on any atom is 0.307 e. The Kier molecular flexibility index (Phi) is 17.6. The molecule has 1 aromatic rings. The molecule has 1 fully saturated rings. The Morgan fingerprint density at radius 2 is 2.02 bits per heavy atom. The fraction of sp³-hybridized carbons (Fsp3) is 0.594. The van der Waals surface area contributed by atoms with Crippen LogP contribution >= 0.6 is 0 Å². The van der Waals surface area contributed by atoms with E-state index in [0.29, 0.717) is 25.2 Å². The van der Waals surface area contributed by atoms with Crippen LogP contribution in [0.15, 0.2) is 30.4 Å². The normalized spacial score (nSPS) is 19.3. The van der Waals surface area contributed by atoms with Crippen LogP contribution in [0.1, 0.15) is 83.8 Å². The summed E-state index contributed by atoms with van der Waals surface area (Å²) in [6.45, 7) is 8.96. The number of aliphatic hydroxyl groups is 1. The number of aryl methyl sites for hydroxylation is 1. The minimum atomic E-state index is -0.903. The number of para-hydroxylation sites is 1. The number of nitrogens with zero attached hydrogens (tertiary/aromatic N) is 1. The predicted octanol–water partition coefficient (Wildman–Crippen LogP) is 5.62. The minimum Gasteiger partial charge on any atom is -0.489 e. The van der Waals surface area contributed by atoms with Crippen molar-refractivity contribution in [1.82, 2.24) is 0 Å². The number of ether oxygens (including phenoxy) is 3. The Hall–Kier alpha value is -3.53. The molecule has 1 saturated carbocycles. The van der Waals surface area contributed by atoms with E-state index in [-0.39, 0.29) is 44.4 Å². The largest absolute Gasteiger partial charge is 0.489 e. The summed E-state index contributed by atoms with van der Waals surface area (Å²) in [5, 5.41) is 19.6. The summed E-state index contributed by atoms with van der Waals surface area (Å²) in [6.07, 6.45) is 12.5. The average Bonchev–Trinajstić information content (AvgIpc) is 3.54. The summed E-state index contributed by atoms with van der Waals surface area (Å²) in [6, 6.07) is 6.20. The predicted molar refractivity (Wildman–Crippen MR) is 157 cm³/mol. The van der Waals surface area contributed by atoms with Crippen LogP contribution in [0.5, 0.6) is 5.75 Å². The third kappa shape index (κ3) is 12.3. The zero-order valence-electron chi connectivity index (χ0n) is 25.0. The highest BCUT2D eigenvalue weighted by Gasteiger charge is 2.44. The zero-order chi connectivity index (χ0) is 30.6. The summed E-state index contributed by atoms with van der Waals surface area (Å²) in [7, 11) is 0. The third-order valence-corrected chi connectivity index (χ3v) is 6.70. The average molecular weight is 572 g/mol. The Bertz CT molecular complexity index is 1070. The van der Waals surface area contributed by atoms with Crippen molar-refractivity contribution in [3.8, 4) is 29.9 Å². The van der Waals surface area contributed by atoms with Crippen molar-refractivity contribution >= 4 is 5.97 Å². The van der Waals surface area contributed by atoms with Crippen LogP contribution in [0, 0.1) is 46.1 Å². The lowest BCUT2D eigenvalue weighted by atomic mass is 9.86. The highest BCUT2D eigenvalue weighted by Crippen LogP contribution is 2.52. The fourth-order valence-electron chi connectivity index (χ4n) is 4.79. The second-order valence-corrected chi connectivity index (χ2v) is 9.48. The first-order chi connectivity index (χ1) is 19.8. The highest BCUT2D eigenvalue weighted by atomic mass is 17.0. The molecular formula is C32H45NO8. The van der Waals surface area contributed by atoms with Crippen molar-refractivity contribution in [3.05, 3.63) is 51.6 Å². The number of aliphatic hydroxyl groups excluding tert-OH is 1. The van der Waals surface area contributed by atoms with E-state index in [9.17, 15) is 20.0 Å². The number of terminal acetylenes is 1. The van der Waals surface area contributed by atoms with Gasteiger partial charge in [0.05, 0.1) is 12.7 Å². The summed E-state index contributed by atoms with van der Waals surface area (Å²) in [4.78, 5) is 26.1. The number of allylic oxidation sites excluding steroid dienone is 1. The van der Waals surface area contributed by atoms with Gasteiger partial charge in [0.1, 0.15) is 18.5 Å². The minimum absolute atomic E-state index is 0.0359. The molecule has 3 rings (SSSR count). The number of hydrogen-bond donors (Lipinski definition) is 1. The summed E-state index contributed by atoms with van der Waals surface area (Å²) >= 11 is 0. The van der Waals surface area contributed by atoms with E-state index in [4.69, 9.17) is 14.2 Å². The molecule has 9 heteroatoms. The number of carbonyl (C=O) groups is 1. The van der Waals surface area contributed by atoms with Crippen LogP contribution in [-0.2, 0) is 25.5 Å². The van der Waals surface area contributed by atoms with Crippen molar-refractivity contribution in [2.45, 2.75) is 91.3 Å². The second-order valence-electron chi connectivity index (χ2n) is 9.48. The van der Waals surface area contributed by atoms with Gasteiger partial charge in [-0.1, -0.05) is 51.1 Å². The Morgan fingerprint density at radius 1 is 1.29 bits per heavy atom. The van der Waals surface area contributed by atoms with Crippen LogP contribution in [0.4, 0.5) is 0 Å². The molecule has 5 unspecified atom stereocenters. The molecular weight excluding hydrogens is 526 g/mol. The van der Waals surface area contributed by atoms with E-state index in [1.54, 1.807) is 6.92 Å². The van der Waals surface area contributed by atoms with Crippen LogP contribution in [0.2, 0.25) is 0 Å². The van der Waals surface area contributed by atoms with Gasteiger partial charge in [0, 0.05) is 24.3 Å². The molecule has 1 aromatic carbocycles. The van der Waals surface area contributed by atoms with Gasteiger partial charge in [-0.2, -0.15) is 0 Å². The second kappa shape index (κ2) is 20.4. The number of rotatable bonds is 14. The number of benzene rings is 1. The van der Waals surface area contributed by atoms with E-state index < -0.39 is 17.2 Å². The molecule has 0 radical (unpaired) electrons. The zero-order valence-corrected chi connectivity index (χ0v) is 25.0. The van der Waals surface area contributed by atoms with Crippen LogP contribution in [0.25, 0.3) is 0 Å². The molecule has 0 bridgehead atoms. The van der Waals surface area contributed by atoms with Gasteiger partial charge in [-0.3, -0.25) is 4.79 Å². The molecule has 1 N–H and O–H groups in total. The van der Waals surface area contributed by atoms with Crippen molar-refractivity contribution < 1.29 is 34.0 Å². The molecule has 1 aliphatic heterocycles. The molecule has 226 valence electrons. The maximum absolute atomic E-state index is 11.9. The van der Waals surface area contributed by atoms with Crippen LogP contribution < -0.4 is 4.74 Å². The van der Waals surface area contributed by atoms with Gasteiger partial charge in [0.25, 0.3) is 5.09 Å². The lowest BCUT2D eigenvalue weighted by Crippen LogP contribution is -2.17. The molecule has 0 amide bonds. The molecule has 2 aliphatic rings. The van der Waals surface area contributed by atoms with Crippen LogP contribution in [0.3, 0.4) is 0 Å². The van der Waals surface area contributed by atoms with Gasteiger partial charge >= 0.3 is 5.97 Å². The van der Waals surface area contributed by atoms with Crippen LogP contribution in [-0.4, -0.2) is 48.4 Å². The highest BCUT2D eigenvalue weighted by molar-refractivity contribution is 5.69. The lowest BCUT2D eigenvalue weighted by molar-refractivity contribution is -0.758. The van der Waals surface area contributed by atoms with Gasteiger partial charge < -0.3 is 24.2 Å². The first kappa shape index (κ1) is 35.5. The molecule has 0 aromatic heterocycles. The SMILES string of the molecule is C#CC.CC.CC#CCC(C)C(O)/C=C/C1CCC2Oc3c(CCCC(=O)OCOCCO[N+](=O)[O-])cccc3C12. The van der Waals surface area contributed by atoms with Crippen molar-refractivity contribution in [2.75, 3.05) is 20.0 Å². The topological polar surface area (TPSA) is 117 Å². The Morgan fingerprint density at radius 3 is 2.71 bits per heavy atom. The van der Waals surface area contributed by atoms with E-state index in [0.717, 1.165) is 24.2 Å². The maximum atomic E-state index is 11.9. The number of hydrogen-bond acceptors (Lipinski definition) is 8. The van der Waals surface area contributed by atoms with E-state index >= 15 is 0 Å². The van der Waals surface area contributed by atoms with Gasteiger partial charge in [-0.25, -0.2) is 0 Å². The molecule has 1 aliphatic carbocycles. The lowest BCUT2D eigenvalue weighted by Gasteiger charge is -2.17.